The van der Waals surface area contributed by atoms with Crippen LogP contribution in [0.2, 0.25) is 0 Å². The SMILES string of the molecule is Cc1ccc2nc(COc3ccccc3C(=O)NC3CCS(=O)(=O)CC3)cn2c1. The number of para-hydroxylation sites is 1. The number of benzene rings is 1. The van der Waals surface area contributed by atoms with Crippen LogP contribution < -0.4 is 10.1 Å². The quantitative estimate of drug-likeness (QED) is 0.694. The lowest BCUT2D eigenvalue weighted by Gasteiger charge is -2.23. The van der Waals surface area contributed by atoms with E-state index in [1.54, 1.807) is 18.2 Å². The van der Waals surface area contributed by atoms with Crippen molar-refractivity contribution in [2.45, 2.75) is 32.4 Å². The Labute approximate surface area is 169 Å². The molecule has 0 unspecified atom stereocenters. The Morgan fingerprint density at radius 1 is 1.17 bits per heavy atom. The van der Waals surface area contributed by atoms with Gasteiger partial charge in [-0.15, -0.1) is 0 Å². The van der Waals surface area contributed by atoms with Gasteiger partial charge in [0.15, 0.2) is 0 Å². The average Bonchev–Trinajstić information content (AvgIpc) is 3.10. The van der Waals surface area contributed by atoms with E-state index in [2.05, 4.69) is 10.3 Å². The van der Waals surface area contributed by atoms with Gasteiger partial charge in [-0.05, 0) is 43.5 Å². The molecule has 1 aliphatic heterocycles. The smallest absolute Gasteiger partial charge is 0.255 e. The molecular weight excluding hydrogens is 390 g/mol. The highest BCUT2D eigenvalue weighted by atomic mass is 32.2. The molecular formula is C21H23N3O4S. The third-order valence-corrected chi connectivity index (χ3v) is 6.76. The standard InChI is InChI=1S/C21H23N3O4S/c1-15-6-7-20-22-17(13-24(20)12-15)14-28-19-5-3-2-4-18(19)21(25)23-16-8-10-29(26,27)11-9-16/h2-7,12-13,16H,8-11,14H2,1H3,(H,23,25). The molecule has 0 bridgehead atoms. The number of pyridine rings is 1. The van der Waals surface area contributed by atoms with Crippen LogP contribution in [0, 0.1) is 6.92 Å². The number of ether oxygens (including phenoxy) is 1. The van der Waals surface area contributed by atoms with Crippen LogP contribution in [0.3, 0.4) is 0 Å². The lowest BCUT2D eigenvalue weighted by atomic mass is 10.1. The summed E-state index contributed by atoms with van der Waals surface area (Å²) in [6.07, 6.45) is 4.79. The molecule has 0 radical (unpaired) electrons. The van der Waals surface area contributed by atoms with Gasteiger partial charge < -0.3 is 14.5 Å². The fraction of sp³-hybridized carbons (Fsp3) is 0.333. The first-order chi connectivity index (χ1) is 13.9. The second kappa shape index (κ2) is 7.87. The molecule has 1 aromatic carbocycles. The summed E-state index contributed by atoms with van der Waals surface area (Å²) >= 11 is 0. The normalized spacial score (nSPS) is 16.6. The molecule has 0 aliphatic carbocycles. The number of aromatic nitrogens is 2. The van der Waals surface area contributed by atoms with E-state index in [0.29, 0.717) is 24.2 Å². The van der Waals surface area contributed by atoms with Crippen LogP contribution in [-0.2, 0) is 16.4 Å². The van der Waals surface area contributed by atoms with E-state index in [1.165, 1.54) is 0 Å². The average molecular weight is 413 g/mol. The molecule has 1 amide bonds. The van der Waals surface area contributed by atoms with Crippen LogP contribution in [0.1, 0.15) is 34.5 Å². The summed E-state index contributed by atoms with van der Waals surface area (Å²) < 4.78 is 31.0. The van der Waals surface area contributed by atoms with Crippen molar-refractivity contribution in [3.63, 3.8) is 0 Å². The predicted octanol–water partition coefficient (Wildman–Crippen LogP) is 2.53. The van der Waals surface area contributed by atoms with Crippen LogP contribution in [0.4, 0.5) is 0 Å². The van der Waals surface area contributed by atoms with Crippen molar-refractivity contribution in [1.29, 1.82) is 0 Å². The van der Waals surface area contributed by atoms with Gasteiger partial charge in [-0.2, -0.15) is 0 Å². The summed E-state index contributed by atoms with van der Waals surface area (Å²) in [6.45, 7) is 2.26. The van der Waals surface area contributed by atoms with Gasteiger partial charge in [0.2, 0.25) is 0 Å². The summed E-state index contributed by atoms with van der Waals surface area (Å²) in [5, 5.41) is 2.94. The molecule has 3 aromatic rings. The van der Waals surface area contributed by atoms with E-state index in [1.807, 2.05) is 41.9 Å². The molecule has 2 aromatic heterocycles. The van der Waals surface area contributed by atoms with Gasteiger partial charge in [-0.25, -0.2) is 13.4 Å². The molecule has 0 atom stereocenters. The first-order valence-electron chi connectivity index (χ1n) is 9.57. The minimum absolute atomic E-state index is 0.115. The predicted molar refractivity (Wildman–Crippen MR) is 110 cm³/mol. The number of sulfone groups is 1. The molecule has 7 nitrogen and oxygen atoms in total. The highest BCUT2D eigenvalue weighted by molar-refractivity contribution is 7.91. The van der Waals surface area contributed by atoms with Gasteiger partial charge in [0.25, 0.3) is 5.91 Å². The highest BCUT2D eigenvalue weighted by Gasteiger charge is 2.25. The molecule has 1 saturated heterocycles. The van der Waals surface area contributed by atoms with Gasteiger partial charge in [-0.1, -0.05) is 18.2 Å². The summed E-state index contributed by atoms with van der Waals surface area (Å²) in [6, 6.07) is 10.9. The molecule has 0 saturated carbocycles. The Kier molecular flexibility index (Phi) is 5.27. The maximum Gasteiger partial charge on any atom is 0.255 e. The minimum atomic E-state index is -2.96. The van der Waals surface area contributed by atoms with Gasteiger partial charge in [0.1, 0.15) is 27.8 Å². The number of aryl methyl sites for hydroxylation is 1. The summed E-state index contributed by atoms with van der Waals surface area (Å²) in [4.78, 5) is 17.3. The number of rotatable bonds is 5. The van der Waals surface area contributed by atoms with E-state index >= 15 is 0 Å². The van der Waals surface area contributed by atoms with Crippen LogP contribution in [-0.4, -0.2) is 41.3 Å². The summed E-state index contributed by atoms with van der Waals surface area (Å²) in [7, 11) is -2.96. The molecule has 1 N–H and O–H groups in total. The molecule has 8 heteroatoms. The lowest BCUT2D eigenvalue weighted by Crippen LogP contribution is -2.40. The first-order valence-corrected chi connectivity index (χ1v) is 11.4. The van der Waals surface area contributed by atoms with E-state index < -0.39 is 9.84 Å². The third-order valence-electron chi connectivity index (χ3n) is 5.05. The maximum absolute atomic E-state index is 12.7. The van der Waals surface area contributed by atoms with Gasteiger partial charge >= 0.3 is 0 Å². The number of hydrogen-bond acceptors (Lipinski definition) is 5. The lowest BCUT2D eigenvalue weighted by molar-refractivity contribution is 0.0929. The van der Waals surface area contributed by atoms with E-state index in [-0.39, 0.29) is 30.1 Å². The van der Waals surface area contributed by atoms with Crippen LogP contribution in [0.25, 0.3) is 5.65 Å². The van der Waals surface area contributed by atoms with Crippen LogP contribution in [0.5, 0.6) is 5.75 Å². The number of nitrogens with one attached hydrogen (secondary N) is 1. The van der Waals surface area contributed by atoms with Crippen LogP contribution in [0.15, 0.2) is 48.8 Å². The van der Waals surface area contributed by atoms with Crippen molar-refractivity contribution in [2.24, 2.45) is 0 Å². The fourth-order valence-electron chi connectivity index (χ4n) is 3.45. The van der Waals surface area contributed by atoms with E-state index in [0.717, 1.165) is 16.9 Å². The maximum atomic E-state index is 12.7. The zero-order chi connectivity index (χ0) is 20.4. The van der Waals surface area contributed by atoms with Crippen molar-refractivity contribution >= 4 is 21.4 Å². The Hall–Kier alpha value is -2.87. The molecule has 152 valence electrons. The van der Waals surface area contributed by atoms with Crippen molar-refractivity contribution in [2.75, 3.05) is 11.5 Å². The molecule has 4 rings (SSSR count). The number of amides is 1. The molecule has 3 heterocycles. The largest absolute Gasteiger partial charge is 0.486 e. The first kappa shape index (κ1) is 19.4. The second-order valence-electron chi connectivity index (χ2n) is 7.39. The highest BCUT2D eigenvalue weighted by Crippen LogP contribution is 2.21. The Morgan fingerprint density at radius 2 is 1.93 bits per heavy atom. The Morgan fingerprint density at radius 3 is 2.72 bits per heavy atom. The summed E-state index contributed by atoms with van der Waals surface area (Å²) in [5.74, 6) is 0.449. The molecule has 29 heavy (non-hydrogen) atoms. The fourth-order valence-corrected chi connectivity index (χ4v) is 4.95. The zero-order valence-corrected chi connectivity index (χ0v) is 17.0. The monoisotopic (exact) mass is 413 g/mol. The second-order valence-corrected chi connectivity index (χ2v) is 9.69. The van der Waals surface area contributed by atoms with E-state index in [4.69, 9.17) is 4.74 Å². The number of fused-ring (bicyclic) bond motifs is 1. The van der Waals surface area contributed by atoms with Crippen molar-refractivity contribution in [3.05, 3.63) is 65.6 Å². The van der Waals surface area contributed by atoms with Crippen LogP contribution >= 0.6 is 0 Å². The molecule has 1 fully saturated rings. The topological polar surface area (TPSA) is 89.8 Å². The van der Waals surface area contributed by atoms with Gasteiger partial charge in [-0.3, -0.25) is 4.79 Å². The Bertz CT molecular complexity index is 1140. The Balaban J connectivity index is 1.44. The van der Waals surface area contributed by atoms with Crippen molar-refractivity contribution < 1.29 is 17.9 Å². The molecule has 0 spiro atoms. The minimum Gasteiger partial charge on any atom is -0.486 e. The number of carbonyl (C=O) groups excluding carboxylic acids is 1. The van der Waals surface area contributed by atoms with Crippen molar-refractivity contribution in [1.82, 2.24) is 14.7 Å². The van der Waals surface area contributed by atoms with Gasteiger partial charge in [0, 0.05) is 18.4 Å². The number of carbonyl (C=O) groups is 1. The third kappa shape index (κ3) is 4.59. The number of imidazole rings is 1. The zero-order valence-electron chi connectivity index (χ0n) is 16.2. The number of nitrogens with zero attached hydrogens (tertiary/aromatic N) is 2. The van der Waals surface area contributed by atoms with Gasteiger partial charge in [0.05, 0.1) is 22.8 Å². The van der Waals surface area contributed by atoms with Crippen molar-refractivity contribution in [3.8, 4) is 5.75 Å². The van der Waals surface area contributed by atoms with E-state index in [9.17, 15) is 13.2 Å². The number of hydrogen-bond donors (Lipinski definition) is 1. The summed E-state index contributed by atoms with van der Waals surface area (Å²) in [5.41, 5.74) is 3.18. The molecule has 1 aliphatic rings.